The van der Waals surface area contributed by atoms with Crippen LogP contribution in [0.25, 0.3) is 16.9 Å². The van der Waals surface area contributed by atoms with Crippen LogP contribution in [0.2, 0.25) is 5.02 Å². The summed E-state index contributed by atoms with van der Waals surface area (Å²) < 4.78 is 6.78. The number of aromatic nitrogens is 2. The lowest BCUT2D eigenvalue weighted by Crippen LogP contribution is -2.38. The number of benzene rings is 3. The summed E-state index contributed by atoms with van der Waals surface area (Å²) >= 11 is 6.44. The Labute approximate surface area is 215 Å². The van der Waals surface area contributed by atoms with Gasteiger partial charge in [-0.3, -0.25) is 9.59 Å². The lowest BCUT2D eigenvalue weighted by Gasteiger charge is -2.22. The van der Waals surface area contributed by atoms with Gasteiger partial charge in [-0.25, -0.2) is 4.68 Å². The lowest BCUT2D eigenvalue weighted by molar-refractivity contribution is -0.116. The highest BCUT2D eigenvalue weighted by atomic mass is 35.5. The van der Waals surface area contributed by atoms with Gasteiger partial charge in [0.15, 0.2) is 0 Å². The van der Waals surface area contributed by atoms with Crippen molar-refractivity contribution >= 4 is 29.2 Å². The third-order valence-corrected chi connectivity index (χ3v) is 5.90. The zero-order valence-electron chi connectivity index (χ0n) is 20.1. The second kappa shape index (κ2) is 11.6. The molecule has 0 aliphatic rings. The van der Waals surface area contributed by atoms with Crippen molar-refractivity contribution in [3.63, 3.8) is 0 Å². The fourth-order valence-corrected chi connectivity index (χ4v) is 4.04. The first-order valence-electron chi connectivity index (χ1n) is 11.6. The predicted octanol–water partition coefficient (Wildman–Crippen LogP) is 5.69. The Morgan fingerprint density at radius 3 is 2.36 bits per heavy atom. The van der Waals surface area contributed by atoms with E-state index in [1.54, 1.807) is 48.2 Å². The molecular weight excluding hydrogens is 476 g/mol. The molecule has 1 heterocycles. The highest BCUT2D eigenvalue weighted by Crippen LogP contribution is 2.28. The topological polar surface area (TPSA) is 76.5 Å². The van der Waals surface area contributed by atoms with Gasteiger partial charge in [0, 0.05) is 23.7 Å². The average molecular weight is 503 g/mol. The number of nitrogens with one attached hydrogen (secondary N) is 1. The average Bonchev–Trinajstić information content (AvgIpc) is 3.32. The lowest BCUT2D eigenvalue weighted by atomic mass is 10.1. The summed E-state index contributed by atoms with van der Waals surface area (Å²) in [4.78, 5) is 27.8. The molecule has 184 valence electrons. The number of halogens is 1. The number of hydrogen-bond donors (Lipinski definition) is 1. The summed E-state index contributed by atoms with van der Waals surface area (Å²) in [7, 11) is 1.57. The minimum absolute atomic E-state index is 0.104. The van der Waals surface area contributed by atoms with Crippen molar-refractivity contribution in [1.29, 1.82) is 0 Å². The largest absolute Gasteiger partial charge is 0.497 e. The van der Waals surface area contributed by atoms with Crippen LogP contribution < -0.4 is 10.1 Å². The van der Waals surface area contributed by atoms with Crippen molar-refractivity contribution in [3.05, 3.63) is 95.5 Å². The first kappa shape index (κ1) is 25.0. The second-order valence-corrected chi connectivity index (χ2v) is 8.55. The number of nitrogens with zero attached hydrogens (tertiary/aromatic N) is 3. The number of amides is 2. The normalized spacial score (nSPS) is 10.6. The van der Waals surface area contributed by atoms with E-state index < -0.39 is 0 Å². The van der Waals surface area contributed by atoms with Crippen molar-refractivity contribution in [1.82, 2.24) is 14.7 Å². The summed E-state index contributed by atoms with van der Waals surface area (Å²) in [5.41, 5.74) is 2.72. The number of para-hydroxylation sites is 1. The maximum Gasteiger partial charge on any atom is 0.254 e. The Morgan fingerprint density at radius 2 is 1.69 bits per heavy atom. The molecule has 4 aromatic rings. The summed E-state index contributed by atoms with van der Waals surface area (Å²) in [5.74, 6) is 0.561. The smallest absolute Gasteiger partial charge is 0.254 e. The number of rotatable bonds is 9. The molecule has 0 bridgehead atoms. The first-order valence-corrected chi connectivity index (χ1v) is 12.0. The molecule has 1 aromatic heterocycles. The van der Waals surface area contributed by atoms with E-state index in [0.29, 0.717) is 46.5 Å². The van der Waals surface area contributed by atoms with Gasteiger partial charge in [0.05, 0.1) is 23.5 Å². The highest BCUT2D eigenvalue weighted by Gasteiger charge is 2.21. The van der Waals surface area contributed by atoms with Crippen molar-refractivity contribution in [3.8, 4) is 22.7 Å². The van der Waals surface area contributed by atoms with Gasteiger partial charge in [-0.15, -0.1) is 0 Å². The van der Waals surface area contributed by atoms with Crippen LogP contribution in [0.5, 0.6) is 5.75 Å². The quantitative estimate of drug-likeness (QED) is 0.319. The van der Waals surface area contributed by atoms with Gasteiger partial charge in [-0.1, -0.05) is 61.0 Å². The van der Waals surface area contributed by atoms with Crippen LogP contribution in [0.4, 0.5) is 5.82 Å². The van der Waals surface area contributed by atoms with Crippen LogP contribution in [-0.2, 0) is 4.79 Å². The van der Waals surface area contributed by atoms with Gasteiger partial charge in [0.1, 0.15) is 18.1 Å². The molecule has 0 fully saturated rings. The standard InChI is InChI=1S/C28H27ClN4O3/c1-3-17-32(28(35)21-13-15-22(36-2)16-14-21)19-27(34)30-26-18-24(20-9-5-4-6-10-20)31-33(26)25-12-8-7-11-23(25)29/h4-16,18H,3,17,19H2,1-2H3,(H,30,34). The van der Waals surface area contributed by atoms with Crippen molar-refractivity contribution in [2.45, 2.75) is 13.3 Å². The van der Waals surface area contributed by atoms with Crippen LogP contribution in [0.15, 0.2) is 84.9 Å². The van der Waals surface area contributed by atoms with Crippen LogP contribution >= 0.6 is 11.6 Å². The molecule has 0 saturated heterocycles. The summed E-state index contributed by atoms with van der Waals surface area (Å²) in [6.07, 6.45) is 0.713. The maximum atomic E-state index is 13.1. The molecule has 1 N–H and O–H groups in total. The van der Waals surface area contributed by atoms with E-state index in [0.717, 1.165) is 5.56 Å². The van der Waals surface area contributed by atoms with E-state index in [-0.39, 0.29) is 18.4 Å². The van der Waals surface area contributed by atoms with E-state index >= 15 is 0 Å². The molecule has 0 unspecified atom stereocenters. The minimum Gasteiger partial charge on any atom is -0.497 e. The Kier molecular flexibility index (Phi) is 8.02. The maximum absolute atomic E-state index is 13.1. The third kappa shape index (κ3) is 5.75. The van der Waals surface area contributed by atoms with E-state index in [1.807, 2.05) is 55.5 Å². The summed E-state index contributed by atoms with van der Waals surface area (Å²) in [5, 5.41) is 8.13. The minimum atomic E-state index is -0.335. The van der Waals surface area contributed by atoms with Gasteiger partial charge in [0.25, 0.3) is 5.91 Å². The number of carbonyl (C=O) groups excluding carboxylic acids is 2. The van der Waals surface area contributed by atoms with Gasteiger partial charge < -0.3 is 15.0 Å². The molecule has 0 saturated carbocycles. The van der Waals surface area contributed by atoms with Crippen LogP contribution in [-0.4, -0.2) is 46.7 Å². The summed E-state index contributed by atoms with van der Waals surface area (Å²) in [6, 6.07) is 25.6. The number of ether oxygens (including phenoxy) is 1. The van der Waals surface area contributed by atoms with Gasteiger partial charge in [-0.2, -0.15) is 5.10 Å². The Bertz CT molecular complexity index is 1340. The second-order valence-electron chi connectivity index (χ2n) is 8.15. The molecule has 0 spiro atoms. The van der Waals surface area contributed by atoms with E-state index in [2.05, 4.69) is 5.32 Å². The molecule has 0 aliphatic carbocycles. The molecule has 3 aromatic carbocycles. The predicted molar refractivity (Wildman–Crippen MR) is 142 cm³/mol. The number of methoxy groups -OCH3 is 1. The Hall–Kier alpha value is -4.10. The Balaban J connectivity index is 1.59. The molecule has 36 heavy (non-hydrogen) atoms. The molecular formula is C28H27ClN4O3. The molecule has 0 aliphatic heterocycles. The van der Waals surface area contributed by atoms with Crippen molar-refractivity contribution in [2.75, 3.05) is 25.5 Å². The monoisotopic (exact) mass is 502 g/mol. The molecule has 8 heteroatoms. The highest BCUT2D eigenvalue weighted by molar-refractivity contribution is 6.32. The summed E-state index contributed by atoms with van der Waals surface area (Å²) in [6.45, 7) is 2.30. The molecule has 4 rings (SSSR count). The Morgan fingerprint density at radius 1 is 1.00 bits per heavy atom. The zero-order chi connectivity index (χ0) is 25.5. The van der Waals surface area contributed by atoms with Gasteiger partial charge >= 0.3 is 0 Å². The third-order valence-electron chi connectivity index (χ3n) is 5.58. The molecule has 2 amide bonds. The van der Waals surface area contributed by atoms with E-state index in [9.17, 15) is 9.59 Å². The van der Waals surface area contributed by atoms with E-state index in [4.69, 9.17) is 21.4 Å². The number of anilines is 1. The number of carbonyl (C=O) groups is 2. The molecule has 0 radical (unpaired) electrons. The van der Waals surface area contributed by atoms with Crippen LogP contribution in [0, 0.1) is 0 Å². The first-order chi connectivity index (χ1) is 17.5. The van der Waals surface area contributed by atoms with Crippen molar-refractivity contribution in [2.24, 2.45) is 0 Å². The zero-order valence-corrected chi connectivity index (χ0v) is 20.9. The van der Waals surface area contributed by atoms with Crippen LogP contribution in [0.3, 0.4) is 0 Å². The van der Waals surface area contributed by atoms with Gasteiger partial charge in [-0.05, 0) is 42.8 Å². The molecule has 0 atom stereocenters. The number of hydrogen-bond acceptors (Lipinski definition) is 4. The molecule has 7 nitrogen and oxygen atoms in total. The van der Waals surface area contributed by atoms with Crippen LogP contribution in [0.1, 0.15) is 23.7 Å². The van der Waals surface area contributed by atoms with Gasteiger partial charge in [0.2, 0.25) is 5.91 Å². The van der Waals surface area contributed by atoms with E-state index in [1.165, 1.54) is 4.90 Å². The van der Waals surface area contributed by atoms with Crippen molar-refractivity contribution < 1.29 is 14.3 Å². The SMILES string of the molecule is CCCN(CC(=O)Nc1cc(-c2ccccc2)nn1-c1ccccc1Cl)C(=O)c1ccc(OC)cc1. The fraction of sp³-hybridized carbons (Fsp3) is 0.179. The fourth-order valence-electron chi connectivity index (χ4n) is 3.82.